The van der Waals surface area contributed by atoms with E-state index >= 15 is 0 Å². The van der Waals surface area contributed by atoms with Crippen LogP contribution in [0, 0.1) is 3.57 Å². The highest BCUT2D eigenvalue weighted by molar-refractivity contribution is 14.1. The normalized spacial score (nSPS) is 10.8. The van der Waals surface area contributed by atoms with Crippen molar-refractivity contribution in [3.8, 4) is 11.5 Å². The smallest absolute Gasteiger partial charge is 0.341 e. The lowest BCUT2D eigenvalue weighted by Crippen LogP contribution is -2.11. The lowest BCUT2D eigenvalue weighted by atomic mass is 10.2. The van der Waals surface area contributed by atoms with E-state index in [-0.39, 0.29) is 0 Å². The Morgan fingerprint density at radius 2 is 2.33 bits per heavy atom. The molecule has 0 unspecified atom stereocenters. The van der Waals surface area contributed by atoms with Crippen molar-refractivity contribution in [2.24, 2.45) is 4.99 Å². The third-order valence-corrected chi connectivity index (χ3v) is 3.24. The van der Waals surface area contributed by atoms with Crippen LogP contribution in [0.3, 0.4) is 0 Å². The number of carboxylic acid groups (broad SMARTS) is 1. The van der Waals surface area contributed by atoms with E-state index in [2.05, 4.69) is 27.6 Å². The van der Waals surface area contributed by atoms with Gasteiger partial charge in [-0.2, -0.15) is 0 Å². The molecule has 0 aliphatic heterocycles. The Hall–Kier alpha value is -2.03. The number of halogens is 1. The van der Waals surface area contributed by atoms with Gasteiger partial charge >= 0.3 is 5.97 Å². The highest BCUT2D eigenvalue weighted by atomic mass is 127. The minimum atomic E-state index is -1.05. The number of carbonyl (C=O) groups is 1. The quantitative estimate of drug-likeness (QED) is 0.595. The molecule has 0 aliphatic rings. The fraction of sp³-hybridized carbons (Fsp3) is 0.143. The molecule has 0 aliphatic carbocycles. The van der Waals surface area contributed by atoms with Gasteiger partial charge in [0.1, 0.15) is 0 Å². The topological polar surface area (TPSA) is 81.3 Å². The number of hydrogen-bond donors (Lipinski definition) is 1. The highest BCUT2D eigenvalue weighted by Gasteiger charge is 2.12. The van der Waals surface area contributed by atoms with Crippen LogP contribution < -0.4 is 9.47 Å². The summed E-state index contributed by atoms with van der Waals surface area (Å²) in [5.74, 6) is 0.297. The number of carboxylic acids is 1. The Morgan fingerprint density at radius 3 is 2.95 bits per heavy atom. The Kier molecular flexibility index (Phi) is 5.20. The van der Waals surface area contributed by atoms with Gasteiger partial charge in [-0.3, -0.25) is 0 Å². The molecule has 1 N–H and O–H groups in total. The first kappa shape index (κ1) is 15.4. The lowest BCUT2D eigenvalue weighted by Gasteiger charge is -2.12. The SMILES string of the molecule is COc1cc(C=Nc2ccco2)cc(I)c1OCC(=O)O. The summed E-state index contributed by atoms with van der Waals surface area (Å²) in [6.07, 6.45) is 3.17. The summed E-state index contributed by atoms with van der Waals surface area (Å²) in [5, 5.41) is 8.67. The minimum absolute atomic E-state index is 0.399. The molecular formula is C14H12INO5. The van der Waals surface area contributed by atoms with Crippen LogP contribution in [-0.2, 0) is 4.79 Å². The lowest BCUT2D eigenvalue weighted by molar-refractivity contribution is -0.139. The molecule has 0 saturated carbocycles. The maximum Gasteiger partial charge on any atom is 0.341 e. The van der Waals surface area contributed by atoms with Crippen LogP contribution in [0.2, 0.25) is 0 Å². The number of rotatable bonds is 6. The van der Waals surface area contributed by atoms with Crippen molar-refractivity contribution >= 4 is 40.7 Å². The molecule has 110 valence electrons. The number of furan rings is 1. The van der Waals surface area contributed by atoms with Crippen LogP contribution in [0.4, 0.5) is 5.88 Å². The van der Waals surface area contributed by atoms with Crippen LogP contribution in [0.5, 0.6) is 11.5 Å². The van der Waals surface area contributed by atoms with E-state index in [0.29, 0.717) is 17.4 Å². The number of aliphatic imine (C=N–C) groups is 1. The fourth-order valence-corrected chi connectivity index (χ4v) is 2.35. The predicted molar refractivity (Wildman–Crippen MR) is 84.8 cm³/mol. The molecule has 1 aromatic carbocycles. The third-order valence-electron chi connectivity index (χ3n) is 2.44. The van der Waals surface area contributed by atoms with Gasteiger partial charge in [0.15, 0.2) is 18.1 Å². The molecule has 0 atom stereocenters. The summed E-state index contributed by atoms with van der Waals surface area (Å²) in [6.45, 7) is -0.424. The molecule has 7 heteroatoms. The molecular weight excluding hydrogens is 389 g/mol. The fourth-order valence-electron chi connectivity index (χ4n) is 1.57. The van der Waals surface area contributed by atoms with Gasteiger partial charge in [0.2, 0.25) is 5.88 Å². The van der Waals surface area contributed by atoms with Crippen LogP contribution >= 0.6 is 22.6 Å². The number of nitrogens with zero attached hydrogens (tertiary/aromatic N) is 1. The molecule has 0 saturated heterocycles. The Morgan fingerprint density at radius 1 is 1.52 bits per heavy atom. The highest BCUT2D eigenvalue weighted by Crippen LogP contribution is 2.33. The standard InChI is InChI=1S/C14H12INO5/c1-19-11-6-9(7-16-12-3-2-4-20-12)5-10(15)14(11)21-8-13(17)18/h2-7H,8H2,1H3,(H,17,18). The van der Waals surface area contributed by atoms with Gasteiger partial charge in [0.25, 0.3) is 0 Å². The van der Waals surface area contributed by atoms with Crippen LogP contribution in [0.25, 0.3) is 0 Å². The zero-order valence-corrected chi connectivity index (χ0v) is 13.2. The van der Waals surface area contributed by atoms with E-state index in [9.17, 15) is 4.79 Å². The van der Waals surface area contributed by atoms with Gasteiger partial charge in [-0.05, 0) is 46.4 Å². The van der Waals surface area contributed by atoms with E-state index in [1.165, 1.54) is 7.11 Å². The molecule has 1 aromatic heterocycles. The maximum absolute atomic E-state index is 10.6. The molecule has 0 spiro atoms. The third kappa shape index (κ3) is 4.22. The zero-order chi connectivity index (χ0) is 15.2. The Bertz CT molecular complexity index is 652. The largest absolute Gasteiger partial charge is 0.493 e. The summed E-state index contributed by atoms with van der Waals surface area (Å²) < 4.78 is 16.3. The average molecular weight is 401 g/mol. The first-order valence-corrected chi connectivity index (χ1v) is 6.97. The van der Waals surface area contributed by atoms with Gasteiger partial charge in [0, 0.05) is 12.3 Å². The monoisotopic (exact) mass is 401 g/mol. The van der Waals surface area contributed by atoms with Crippen molar-refractivity contribution in [1.82, 2.24) is 0 Å². The number of methoxy groups -OCH3 is 1. The number of benzene rings is 1. The van der Waals surface area contributed by atoms with E-state index in [0.717, 1.165) is 9.13 Å². The average Bonchev–Trinajstić information content (AvgIpc) is 2.96. The van der Waals surface area contributed by atoms with Crippen molar-refractivity contribution < 1.29 is 23.8 Å². The molecule has 0 fully saturated rings. The van der Waals surface area contributed by atoms with Gasteiger partial charge < -0.3 is 19.0 Å². The molecule has 6 nitrogen and oxygen atoms in total. The second-order valence-electron chi connectivity index (χ2n) is 3.93. The van der Waals surface area contributed by atoms with Gasteiger partial charge in [0.05, 0.1) is 16.9 Å². The van der Waals surface area contributed by atoms with Gasteiger partial charge in [-0.1, -0.05) is 0 Å². The van der Waals surface area contributed by atoms with Crippen molar-refractivity contribution in [1.29, 1.82) is 0 Å². The summed E-state index contributed by atoms with van der Waals surface area (Å²) >= 11 is 2.05. The number of hydrogen-bond acceptors (Lipinski definition) is 5. The number of ether oxygens (including phenoxy) is 2. The van der Waals surface area contributed by atoms with E-state index < -0.39 is 12.6 Å². The molecule has 0 amide bonds. The molecule has 2 rings (SSSR count). The van der Waals surface area contributed by atoms with Crippen molar-refractivity contribution in [3.05, 3.63) is 39.7 Å². The minimum Gasteiger partial charge on any atom is -0.493 e. The predicted octanol–water partition coefficient (Wildman–Crippen LogP) is 3.11. The second kappa shape index (κ2) is 7.11. The summed E-state index contributed by atoms with van der Waals surface area (Å²) in [5.41, 5.74) is 0.787. The molecule has 21 heavy (non-hydrogen) atoms. The van der Waals surface area contributed by atoms with Crippen molar-refractivity contribution in [2.45, 2.75) is 0 Å². The second-order valence-corrected chi connectivity index (χ2v) is 5.09. The maximum atomic E-state index is 10.6. The molecule has 0 bridgehead atoms. The summed E-state index contributed by atoms with van der Waals surface area (Å²) in [6, 6.07) is 7.02. The van der Waals surface area contributed by atoms with Crippen LogP contribution in [0.1, 0.15) is 5.56 Å². The first-order chi connectivity index (χ1) is 10.1. The van der Waals surface area contributed by atoms with Gasteiger partial charge in [-0.25, -0.2) is 9.79 Å². The molecule has 1 heterocycles. The summed E-state index contributed by atoms with van der Waals surface area (Å²) in [4.78, 5) is 14.8. The summed E-state index contributed by atoms with van der Waals surface area (Å²) in [7, 11) is 1.49. The van der Waals surface area contributed by atoms with E-state index in [4.69, 9.17) is 19.0 Å². The first-order valence-electron chi connectivity index (χ1n) is 5.90. The van der Waals surface area contributed by atoms with Crippen molar-refractivity contribution in [3.63, 3.8) is 0 Å². The Labute approximate surface area is 134 Å². The van der Waals surface area contributed by atoms with Crippen LogP contribution in [-0.4, -0.2) is 31.0 Å². The van der Waals surface area contributed by atoms with Crippen LogP contribution in [0.15, 0.2) is 39.9 Å². The number of aliphatic carboxylic acids is 1. The molecule has 0 radical (unpaired) electrons. The zero-order valence-electron chi connectivity index (χ0n) is 11.1. The van der Waals surface area contributed by atoms with Gasteiger partial charge in [-0.15, -0.1) is 0 Å². The Balaban J connectivity index is 2.25. The van der Waals surface area contributed by atoms with E-state index in [1.807, 2.05) is 6.07 Å². The van der Waals surface area contributed by atoms with Crippen molar-refractivity contribution in [2.75, 3.05) is 13.7 Å². The molecule has 2 aromatic rings. The van der Waals surface area contributed by atoms with E-state index in [1.54, 1.807) is 30.7 Å².